The molecule has 0 spiro atoms. The lowest BCUT2D eigenvalue weighted by Crippen LogP contribution is -2.19. The van der Waals surface area contributed by atoms with Crippen molar-refractivity contribution in [2.24, 2.45) is 5.92 Å². The lowest BCUT2D eigenvalue weighted by molar-refractivity contribution is 0.0697. The zero-order valence-corrected chi connectivity index (χ0v) is 22.6. The Morgan fingerprint density at radius 3 is 2.52 bits per heavy atom. The minimum Gasteiger partial charge on any atom is -0.478 e. The van der Waals surface area contributed by atoms with Gasteiger partial charge in [0, 0.05) is 30.2 Å². The number of aromatic carboxylic acids is 1. The van der Waals surface area contributed by atoms with Gasteiger partial charge < -0.3 is 14.4 Å². The summed E-state index contributed by atoms with van der Waals surface area (Å²) in [4.78, 5) is 20.8. The molecular formula is C33H26F2N4O3. The molecule has 1 fully saturated rings. The Kier molecular flexibility index (Phi) is 7.36. The number of halogens is 2. The number of carbonyl (C=O) groups is 1. The second kappa shape index (κ2) is 11.4. The monoisotopic (exact) mass is 564 g/mol. The molecule has 0 atom stereocenters. The fraction of sp³-hybridized carbons (Fsp3) is 0.212. The van der Waals surface area contributed by atoms with Crippen molar-refractivity contribution in [1.29, 1.82) is 5.26 Å². The summed E-state index contributed by atoms with van der Waals surface area (Å²) in [6.07, 6.45) is 3.65. The van der Waals surface area contributed by atoms with Gasteiger partial charge in [-0.2, -0.15) is 5.26 Å². The molecule has 0 saturated heterocycles. The zero-order valence-electron chi connectivity index (χ0n) is 22.6. The lowest BCUT2D eigenvalue weighted by atomic mass is 9.85. The molecule has 7 nitrogen and oxygen atoms in total. The van der Waals surface area contributed by atoms with Crippen LogP contribution in [0.2, 0.25) is 0 Å². The van der Waals surface area contributed by atoms with Crippen LogP contribution in [0.1, 0.15) is 52.1 Å². The fourth-order valence-corrected chi connectivity index (χ4v) is 5.14. The summed E-state index contributed by atoms with van der Waals surface area (Å²) in [6.45, 7) is 0.648. The van der Waals surface area contributed by atoms with Crippen LogP contribution in [0.5, 0.6) is 5.88 Å². The zero-order chi connectivity index (χ0) is 29.2. The first-order chi connectivity index (χ1) is 20.4. The maximum atomic E-state index is 15.5. The first-order valence-corrected chi connectivity index (χ1v) is 13.7. The standard InChI is InChI=1S/C33H26F2N4O3/c34-26-13-21(17-36)7-8-25(26)19-42-32-6-2-5-28(38-32)23-10-9-22(27(35)14-23)16-31-37-29-12-11-24(33(40)41)15-30(29)39(31)18-20-3-1-4-20/h2,5-15,20H,1,3-4,16,18-19H2,(H,40,41). The minimum atomic E-state index is -0.999. The highest BCUT2D eigenvalue weighted by Gasteiger charge is 2.22. The average Bonchev–Trinajstić information content (AvgIpc) is 3.31. The molecule has 0 radical (unpaired) electrons. The fourth-order valence-electron chi connectivity index (χ4n) is 5.14. The quantitative estimate of drug-likeness (QED) is 0.209. The van der Waals surface area contributed by atoms with Crippen LogP contribution in [0.4, 0.5) is 8.78 Å². The van der Waals surface area contributed by atoms with Crippen LogP contribution in [0.25, 0.3) is 22.3 Å². The van der Waals surface area contributed by atoms with Crippen LogP contribution in [-0.2, 0) is 19.6 Å². The van der Waals surface area contributed by atoms with Crippen molar-refractivity contribution in [1.82, 2.24) is 14.5 Å². The van der Waals surface area contributed by atoms with Crippen LogP contribution in [0.3, 0.4) is 0 Å². The Balaban J connectivity index is 1.23. The summed E-state index contributed by atoms with van der Waals surface area (Å²) in [5.41, 5.74) is 3.66. The second-order valence-corrected chi connectivity index (χ2v) is 10.5. The van der Waals surface area contributed by atoms with E-state index >= 15 is 4.39 Å². The van der Waals surface area contributed by atoms with Crippen molar-refractivity contribution in [3.8, 4) is 23.2 Å². The summed E-state index contributed by atoms with van der Waals surface area (Å²) in [5.74, 6) is -0.502. The van der Waals surface area contributed by atoms with E-state index in [0.29, 0.717) is 39.6 Å². The number of carboxylic acid groups (broad SMARTS) is 1. The van der Waals surface area contributed by atoms with E-state index in [-0.39, 0.29) is 30.0 Å². The summed E-state index contributed by atoms with van der Waals surface area (Å²) in [5, 5.41) is 18.4. The molecule has 1 aliphatic carbocycles. The molecule has 9 heteroatoms. The molecule has 2 aromatic heterocycles. The number of hydrogen-bond acceptors (Lipinski definition) is 5. The summed E-state index contributed by atoms with van der Waals surface area (Å²) < 4.78 is 37.4. The highest BCUT2D eigenvalue weighted by Crippen LogP contribution is 2.31. The predicted octanol–water partition coefficient (Wildman–Crippen LogP) is 6.92. The third-order valence-electron chi connectivity index (χ3n) is 7.72. The Hall–Kier alpha value is -5.10. The van der Waals surface area contributed by atoms with E-state index in [1.807, 2.05) is 10.6 Å². The number of imidazole rings is 1. The van der Waals surface area contributed by atoms with Crippen molar-refractivity contribution in [3.63, 3.8) is 0 Å². The number of nitrogens with zero attached hydrogens (tertiary/aromatic N) is 4. The van der Waals surface area contributed by atoms with Crippen molar-refractivity contribution in [2.45, 2.75) is 38.8 Å². The summed E-state index contributed by atoms with van der Waals surface area (Å²) >= 11 is 0. The molecular weight excluding hydrogens is 538 g/mol. The summed E-state index contributed by atoms with van der Waals surface area (Å²) in [7, 11) is 0. The van der Waals surface area contributed by atoms with Gasteiger partial charge in [-0.3, -0.25) is 0 Å². The second-order valence-electron chi connectivity index (χ2n) is 10.5. The Morgan fingerprint density at radius 2 is 1.81 bits per heavy atom. The molecule has 1 aliphatic rings. The number of pyridine rings is 1. The number of hydrogen-bond donors (Lipinski definition) is 1. The van der Waals surface area contributed by atoms with Gasteiger partial charge in [0.25, 0.3) is 0 Å². The number of ether oxygens (including phenoxy) is 1. The largest absolute Gasteiger partial charge is 0.478 e. The van der Waals surface area contributed by atoms with Gasteiger partial charge in [0.05, 0.1) is 33.9 Å². The van der Waals surface area contributed by atoms with E-state index in [9.17, 15) is 14.3 Å². The highest BCUT2D eigenvalue weighted by atomic mass is 19.1. The first kappa shape index (κ1) is 27.1. The van der Waals surface area contributed by atoms with E-state index in [0.717, 1.165) is 31.0 Å². The van der Waals surface area contributed by atoms with Gasteiger partial charge >= 0.3 is 5.97 Å². The smallest absolute Gasteiger partial charge is 0.335 e. The molecule has 3 aromatic carbocycles. The maximum Gasteiger partial charge on any atom is 0.335 e. The van der Waals surface area contributed by atoms with Gasteiger partial charge in [0.1, 0.15) is 24.1 Å². The first-order valence-electron chi connectivity index (χ1n) is 13.7. The van der Waals surface area contributed by atoms with Crippen molar-refractivity contribution < 1.29 is 23.4 Å². The minimum absolute atomic E-state index is 0.0723. The molecule has 1 saturated carbocycles. The van der Waals surface area contributed by atoms with E-state index in [1.54, 1.807) is 42.5 Å². The van der Waals surface area contributed by atoms with Gasteiger partial charge in [-0.05, 0) is 66.8 Å². The molecule has 1 N–H and O–H groups in total. The number of carboxylic acids is 1. The van der Waals surface area contributed by atoms with Crippen LogP contribution in [0, 0.1) is 28.9 Å². The SMILES string of the molecule is N#Cc1ccc(COc2cccc(-c3ccc(Cc4nc5ccc(C(=O)O)cc5n4CC4CCC4)c(F)c3)n2)c(F)c1. The molecule has 42 heavy (non-hydrogen) atoms. The van der Waals surface area contributed by atoms with Crippen LogP contribution in [-0.4, -0.2) is 25.6 Å². The Morgan fingerprint density at radius 1 is 1.00 bits per heavy atom. The number of nitriles is 1. The molecule has 6 rings (SSSR count). The van der Waals surface area contributed by atoms with Crippen LogP contribution in [0.15, 0.2) is 72.8 Å². The molecule has 5 aromatic rings. The number of fused-ring (bicyclic) bond motifs is 1. The predicted molar refractivity (Wildman–Crippen MR) is 152 cm³/mol. The summed E-state index contributed by atoms with van der Waals surface area (Å²) in [6, 6.07) is 21.0. The number of aromatic nitrogens is 3. The number of rotatable bonds is 9. The van der Waals surface area contributed by atoms with Crippen molar-refractivity contribution in [3.05, 3.63) is 113 Å². The topological polar surface area (TPSA) is 101 Å². The normalized spacial score (nSPS) is 13.1. The van der Waals surface area contributed by atoms with Crippen LogP contribution < -0.4 is 4.74 Å². The van der Waals surface area contributed by atoms with Gasteiger partial charge in [-0.15, -0.1) is 0 Å². The molecule has 210 valence electrons. The van der Waals surface area contributed by atoms with Gasteiger partial charge in [0.2, 0.25) is 5.88 Å². The lowest BCUT2D eigenvalue weighted by Gasteiger charge is -2.26. The van der Waals surface area contributed by atoms with E-state index < -0.39 is 17.6 Å². The van der Waals surface area contributed by atoms with Gasteiger partial charge in [0.15, 0.2) is 0 Å². The number of benzene rings is 3. The van der Waals surface area contributed by atoms with Gasteiger partial charge in [-0.25, -0.2) is 23.5 Å². The third-order valence-corrected chi connectivity index (χ3v) is 7.72. The Bertz CT molecular complexity index is 1860. The molecule has 2 heterocycles. The van der Waals surface area contributed by atoms with E-state index in [1.165, 1.54) is 30.7 Å². The van der Waals surface area contributed by atoms with Crippen LogP contribution >= 0.6 is 0 Å². The molecule has 0 aliphatic heterocycles. The molecule has 0 unspecified atom stereocenters. The van der Waals surface area contributed by atoms with E-state index in [2.05, 4.69) is 4.98 Å². The highest BCUT2D eigenvalue weighted by molar-refractivity contribution is 5.92. The molecule has 0 amide bonds. The third kappa shape index (κ3) is 5.56. The molecule has 0 bridgehead atoms. The average molecular weight is 565 g/mol. The van der Waals surface area contributed by atoms with Crippen molar-refractivity contribution in [2.75, 3.05) is 0 Å². The van der Waals surface area contributed by atoms with E-state index in [4.69, 9.17) is 15.0 Å². The van der Waals surface area contributed by atoms with Gasteiger partial charge in [-0.1, -0.05) is 30.7 Å². The van der Waals surface area contributed by atoms with Crippen molar-refractivity contribution >= 4 is 17.0 Å². The Labute approximate surface area is 240 Å². The maximum absolute atomic E-state index is 15.5.